The number of halogens is 1. The van der Waals surface area contributed by atoms with Crippen molar-refractivity contribution in [1.82, 2.24) is 10.3 Å². The molecule has 1 N–H and O–H groups in total. The lowest BCUT2D eigenvalue weighted by Crippen LogP contribution is -2.39. The molecule has 0 spiro atoms. The van der Waals surface area contributed by atoms with E-state index in [0.29, 0.717) is 12.1 Å². The lowest BCUT2D eigenvalue weighted by Gasteiger charge is -2.36. The van der Waals surface area contributed by atoms with Gasteiger partial charge in [-0.05, 0) is 36.8 Å². The zero-order valence-corrected chi connectivity index (χ0v) is 14.0. The molecule has 0 radical (unpaired) electrons. The highest BCUT2D eigenvalue weighted by atomic mass is 35.5. The fraction of sp³-hybridized carbons (Fsp3) is 0.688. The summed E-state index contributed by atoms with van der Waals surface area (Å²) in [6.45, 7) is 9.81. The van der Waals surface area contributed by atoms with Gasteiger partial charge in [-0.3, -0.25) is 0 Å². The first kappa shape index (κ1) is 15.6. The molecule has 20 heavy (non-hydrogen) atoms. The van der Waals surface area contributed by atoms with Gasteiger partial charge in [-0.15, -0.1) is 0 Å². The first-order valence-corrected chi connectivity index (χ1v) is 7.77. The molecular formula is C16H26ClN3. The second-order valence-electron chi connectivity index (χ2n) is 6.94. The molecule has 1 unspecified atom stereocenters. The van der Waals surface area contributed by atoms with Gasteiger partial charge < -0.3 is 10.2 Å². The van der Waals surface area contributed by atoms with Crippen LogP contribution in [0.5, 0.6) is 0 Å². The molecule has 112 valence electrons. The number of hydrogen-bond acceptors (Lipinski definition) is 3. The minimum Gasteiger partial charge on any atom is -0.356 e. The van der Waals surface area contributed by atoms with Crippen LogP contribution in [0.1, 0.15) is 46.1 Å². The zero-order chi connectivity index (χ0) is 14.9. The second kappa shape index (κ2) is 5.90. The van der Waals surface area contributed by atoms with Crippen molar-refractivity contribution >= 4 is 17.4 Å². The summed E-state index contributed by atoms with van der Waals surface area (Å²) in [5.41, 5.74) is 1.35. The van der Waals surface area contributed by atoms with Gasteiger partial charge in [-0.2, -0.15) is 0 Å². The van der Waals surface area contributed by atoms with Crippen molar-refractivity contribution < 1.29 is 0 Å². The Bertz CT molecular complexity index is 463. The van der Waals surface area contributed by atoms with Gasteiger partial charge in [0.2, 0.25) is 0 Å². The van der Waals surface area contributed by atoms with Crippen LogP contribution in [0.25, 0.3) is 0 Å². The Morgan fingerprint density at radius 1 is 1.45 bits per heavy atom. The summed E-state index contributed by atoms with van der Waals surface area (Å²) in [6, 6.07) is 3.20. The van der Waals surface area contributed by atoms with Gasteiger partial charge >= 0.3 is 0 Å². The summed E-state index contributed by atoms with van der Waals surface area (Å²) < 4.78 is 0. The number of anilines is 1. The highest BCUT2D eigenvalue weighted by Gasteiger charge is 2.25. The predicted octanol–water partition coefficient (Wildman–Crippen LogP) is 3.86. The normalized spacial score (nSPS) is 17.1. The van der Waals surface area contributed by atoms with Crippen molar-refractivity contribution in [2.24, 2.45) is 5.41 Å². The summed E-state index contributed by atoms with van der Waals surface area (Å²) in [7, 11) is 2.10. The van der Waals surface area contributed by atoms with E-state index >= 15 is 0 Å². The molecule has 0 bridgehead atoms. The zero-order valence-electron chi connectivity index (χ0n) is 13.2. The monoisotopic (exact) mass is 295 g/mol. The van der Waals surface area contributed by atoms with Crippen LogP contribution >= 0.6 is 11.6 Å². The Labute approximate surface area is 127 Å². The van der Waals surface area contributed by atoms with Crippen molar-refractivity contribution in [3.8, 4) is 0 Å². The third kappa shape index (κ3) is 3.86. The van der Waals surface area contributed by atoms with Gasteiger partial charge in [0.15, 0.2) is 0 Å². The smallest absolute Gasteiger partial charge is 0.128 e. The number of rotatable bonds is 5. The lowest BCUT2D eigenvalue weighted by molar-refractivity contribution is 0.328. The summed E-state index contributed by atoms with van der Waals surface area (Å²) in [5, 5.41) is 4.26. The van der Waals surface area contributed by atoms with E-state index in [-0.39, 0.29) is 5.41 Å². The summed E-state index contributed by atoms with van der Waals surface area (Å²) in [5.74, 6) is 0.990. The Morgan fingerprint density at radius 3 is 2.65 bits per heavy atom. The first-order chi connectivity index (χ1) is 9.29. The van der Waals surface area contributed by atoms with Gasteiger partial charge in [-0.25, -0.2) is 4.98 Å². The maximum Gasteiger partial charge on any atom is 0.128 e. The molecule has 1 heterocycles. The molecule has 1 aromatic heterocycles. The minimum absolute atomic E-state index is 0.211. The third-order valence-corrected chi connectivity index (χ3v) is 4.61. The Morgan fingerprint density at radius 2 is 2.10 bits per heavy atom. The van der Waals surface area contributed by atoms with E-state index in [1.165, 1.54) is 12.8 Å². The van der Waals surface area contributed by atoms with Crippen molar-refractivity contribution in [2.75, 3.05) is 11.9 Å². The van der Waals surface area contributed by atoms with E-state index in [4.69, 9.17) is 11.6 Å². The quantitative estimate of drug-likeness (QED) is 0.894. The summed E-state index contributed by atoms with van der Waals surface area (Å²) >= 11 is 6.25. The lowest BCUT2D eigenvalue weighted by atomic mass is 9.87. The number of hydrogen-bond donors (Lipinski definition) is 1. The van der Waals surface area contributed by atoms with Crippen molar-refractivity contribution in [3.63, 3.8) is 0 Å². The average molecular weight is 296 g/mol. The van der Waals surface area contributed by atoms with E-state index in [2.05, 4.69) is 56.0 Å². The van der Waals surface area contributed by atoms with Crippen LogP contribution in [0.4, 0.5) is 5.82 Å². The molecule has 3 nitrogen and oxygen atoms in total. The summed E-state index contributed by atoms with van der Waals surface area (Å²) in [6.07, 6.45) is 4.35. The van der Waals surface area contributed by atoms with Crippen molar-refractivity contribution in [3.05, 3.63) is 22.8 Å². The molecule has 1 aromatic rings. The fourth-order valence-electron chi connectivity index (χ4n) is 2.12. The maximum absolute atomic E-state index is 6.25. The Kier molecular flexibility index (Phi) is 4.60. The number of nitrogens with zero attached hydrogens (tertiary/aromatic N) is 2. The molecule has 1 aliphatic carbocycles. The van der Waals surface area contributed by atoms with E-state index in [1.807, 2.05) is 0 Å². The number of pyridine rings is 1. The van der Waals surface area contributed by atoms with E-state index in [9.17, 15) is 0 Å². The van der Waals surface area contributed by atoms with Crippen LogP contribution in [0.15, 0.2) is 12.3 Å². The molecule has 1 atom stereocenters. The topological polar surface area (TPSA) is 28.2 Å². The minimum atomic E-state index is 0.211. The van der Waals surface area contributed by atoms with Gasteiger partial charge in [-0.1, -0.05) is 32.4 Å². The van der Waals surface area contributed by atoms with Crippen LogP contribution in [-0.2, 0) is 6.54 Å². The third-order valence-electron chi connectivity index (χ3n) is 4.27. The molecule has 0 saturated heterocycles. The molecule has 0 aromatic carbocycles. The molecule has 1 saturated carbocycles. The predicted molar refractivity (Wildman–Crippen MR) is 86.4 cm³/mol. The van der Waals surface area contributed by atoms with Crippen molar-refractivity contribution in [2.45, 2.75) is 59.2 Å². The standard InChI is InChI=1S/C16H26ClN3/c1-11(16(2,3)4)20(5)15-8-12(14(17)10-19-15)9-18-13-6-7-13/h8,10-11,13,18H,6-7,9H2,1-5H3. The SMILES string of the molecule is CC(N(C)c1cc(CNC2CC2)c(Cl)cn1)C(C)(C)C. The maximum atomic E-state index is 6.25. The van der Waals surface area contributed by atoms with E-state index < -0.39 is 0 Å². The molecule has 1 fully saturated rings. The number of nitrogens with one attached hydrogen (secondary N) is 1. The average Bonchev–Trinajstić information content (AvgIpc) is 3.19. The highest BCUT2D eigenvalue weighted by Crippen LogP contribution is 2.28. The second-order valence-corrected chi connectivity index (χ2v) is 7.35. The Balaban J connectivity index is 2.12. The van der Waals surface area contributed by atoms with Crippen molar-refractivity contribution in [1.29, 1.82) is 0 Å². The fourth-order valence-corrected chi connectivity index (χ4v) is 2.29. The largest absolute Gasteiger partial charge is 0.356 e. The summed E-state index contributed by atoms with van der Waals surface area (Å²) in [4.78, 5) is 6.72. The highest BCUT2D eigenvalue weighted by molar-refractivity contribution is 6.31. The van der Waals surface area contributed by atoms with Gasteiger partial charge in [0, 0.05) is 31.9 Å². The van der Waals surface area contributed by atoms with E-state index in [0.717, 1.165) is 22.9 Å². The molecule has 1 aliphatic rings. The Hall–Kier alpha value is -0.800. The molecule has 0 amide bonds. The van der Waals surface area contributed by atoms with Crippen LogP contribution in [-0.4, -0.2) is 24.1 Å². The van der Waals surface area contributed by atoms with Gasteiger partial charge in [0.1, 0.15) is 5.82 Å². The van der Waals surface area contributed by atoms with Crippen LogP contribution < -0.4 is 10.2 Å². The van der Waals surface area contributed by atoms with Crippen LogP contribution in [0.2, 0.25) is 5.02 Å². The number of aromatic nitrogens is 1. The molecule has 0 aliphatic heterocycles. The van der Waals surface area contributed by atoms with E-state index in [1.54, 1.807) is 6.20 Å². The van der Waals surface area contributed by atoms with Gasteiger partial charge in [0.05, 0.1) is 5.02 Å². The molecular weight excluding hydrogens is 270 g/mol. The molecule has 2 rings (SSSR count). The van der Waals surface area contributed by atoms with Crippen LogP contribution in [0, 0.1) is 5.41 Å². The molecule has 4 heteroatoms. The van der Waals surface area contributed by atoms with Crippen LogP contribution in [0.3, 0.4) is 0 Å². The first-order valence-electron chi connectivity index (χ1n) is 7.39. The van der Waals surface area contributed by atoms with Gasteiger partial charge in [0.25, 0.3) is 0 Å².